The molecule has 1 saturated heterocycles. The molecule has 0 bridgehead atoms. The van der Waals surface area contributed by atoms with Gasteiger partial charge in [0, 0.05) is 50.5 Å². The topological polar surface area (TPSA) is 161 Å². The van der Waals surface area contributed by atoms with Gasteiger partial charge in [0.25, 0.3) is 5.91 Å². The molecule has 0 spiro atoms. The maximum absolute atomic E-state index is 14.2. The fourth-order valence-corrected chi connectivity index (χ4v) is 10.7. The Kier molecular flexibility index (Phi) is 14.5. The van der Waals surface area contributed by atoms with Gasteiger partial charge >= 0.3 is 0 Å². The standard InChI is InChI=1S/C53H64N8O5S/c1-33(36-22-24-37(25-23-36)47-34(2)55-32-67-47)56-49(64)45-29-41(63)31-60(45)51(66)43(53(3,4)5)28-40(62)17-9-7-8-14-35-20-26-38(27-21-35)57-52-54-30-46-48(58-52)61(39-15-10-11-16-39)44-19-13-12-18-42(44)50(65)59(46)6/h12-13,18-27,30,32-33,39,41,43,45,63H,7-11,14-17,28-29,31H2,1-6H3,(H,56,64)(H,54,57,58)/t33-,41+,43+,45-/m0/s1. The lowest BCUT2D eigenvalue weighted by atomic mass is 9.76. The number of amides is 3. The molecule has 0 unspecified atom stereocenters. The van der Waals surface area contributed by atoms with Gasteiger partial charge in [-0.05, 0) is 92.3 Å². The van der Waals surface area contributed by atoms with E-state index in [1.807, 2.05) is 101 Å². The number of aliphatic hydroxyl groups excluding tert-OH is 1. The van der Waals surface area contributed by atoms with E-state index in [-0.39, 0.29) is 55.0 Å². The van der Waals surface area contributed by atoms with E-state index in [0.717, 1.165) is 90.3 Å². The summed E-state index contributed by atoms with van der Waals surface area (Å²) in [6, 6.07) is 23.2. The number of para-hydroxylation sites is 1. The van der Waals surface area contributed by atoms with E-state index in [0.29, 0.717) is 23.6 Å². The highest BCUT2D eigenvalue weighted by Crippen LogP contribution is 2.44. The molecule has 352 valence electrons. The largest absolute Gasteiger partial charge is 0.391 e. The number of fused-ring (bicyclic) bond motifs is 2. The Morgan fingerprint density at radius 1 is 0.925 bits per heavy atom. The Hall–Kier alpha value is -5.99. The molecule has 2 fully saturated rings. The van der Waals surface area contributed by atoms with Crippen LogP contribution in [0.3, 0.4) is 0 Å². The molecule has 1 saturated carbocycles. The second-order valence-corrected chi connectivity index (χ2v) is 20.5. The maximum atomic E-state index is 14.2. The van der Waals surface area contributed by atoms with Crippen LogP contribution in [0.25, 0.3) is 10.4 Å². The van der Waals surface area contributed by atoms with E-state index in [1.165, 1.54) is 10.5 Å². The van der Waals surface area contributed by atoms with E-state index in [2.05, 4.69) is 37.6 Å². The molecule has 3 aromatic carbocycles. The lowest BCUT2D eigenvalue weighted by Gasteiger charge is -2.35. The molecule has 3 amide bonds. The number of β-amino-alcohol motifs (C(OH)–C–C–N with tert-alkyl or cyclic N) is 1. The number of carbonyl (C=O) groups excluding carboxylic acids is 4. The zero-order valence-electron chi connectivity index (χ0n) is 39.6. The normalized spacial score (nSPS) is 18.3. The molecule has 1 aliphatic carbocycles. The van der Waals surface area contributed by atoms with Crippen molar-refractivity contribution >= 4 is 63.7 Å². The van der Waals surface area contributed by atoms with Crippen LogP contribution in [0.5, 0.6) is 0 Å². The van der Waals surface area contributed by atoms with Crippen molar-refractivity contribution in [1.29, 1.82) is 0 Å². The number of carbonyl (C=O) groups is 4. The first-order valence-corrected chi connectivity index (χ1v) is 24.7. The third-order valence-corrected chi connectivity index (χ3v) is 14.8. The summed E-state index contributed by atoms with van der Waals surface area (Å²) in [7, 11) is 1.78. The predicted octanol–water partition coefficient (Wildman–Crippen LogP) is 9.89. The molecule has 2 aromatic heterocycles. The quantitative estimate of drug-likeness (QED) is 0.0813. The molecular weight excluding hydrogens is 861 g/mol. The van der Waals surface area contributed by atoms with Crippen molar-refractivity contribution in [1.82, 2.24) is 25.2 Å². The number of unbranched alkanes of at least 4 members (excludes halogenated alkanes) is 2. The fourth-order valence-electron chi connectivity index (χ4n) is 9.85. The number of ketones is 1. The Morgan fingerprint density at radius 2 is 1.66 bits per heavy atom. The lowest BCUT2D eigenvalue weighted by Crippen LogP contribution is -2.50. The second kappa shape index (κ2) is 20.5. The lowest BCUT2D eigenvalue weighted by molar-refractivity contribution is -0.146. The smallest absolute Gasteiger partial charge is 0.260 e. The van der Waals surface area contributed by atoms with Gasteiger partial charge in [0.05, 0.1) is 45.7 Å². The molecule has 14 heteroatoms. The molecule has 3 N–H and O–H groups in total. The maximum Gasteiger partial charge on any atom is 0.260 e. The number of benzene rings is 3. The second-order valence-electron chi connectivity index (χ2n) is 19.7. The summed E-state index contributed by atoms with van der Waals surface area (Å²) in [5, 5.41) is 17.2. The Balaban J connectivity index is 0.816. The van der Waals surface area contributed by atoms with E-state index in [4.69, 9.17) is 4.98 Å². The minimum absolute atomic E-state index is 0.0314. The van der Waals surface area contributed by atoms with E-state index in [1.54, 1.807) is 29.5 Å². The summed E-state index contributed by atoms with van der Waals surface area (Å²) in [6.45, 7) is 9.82. The third kappa shape index (κ3) is 10.8. The van der Waals surface area contributed by atoms with Crippen LogP contribution in [-0.2, 0) is 20.8 Å². The summed E-state index contributed by atoms with van der Waals surface area (Å²) in [5.41, 5.74) is 8.55. The summed E-state index contributed by atoms with van der Waals surface area (Å²) >= 11 is 1.59. The van der Waals surface area contributed by atoms with Crippen molar-refractivity contribution in [2.24, 2.45) is 11.3 Å². The first-order chi connectivity index (χ1) is 32.2. The van der Waals surface area contributed by atoms with Crippen molar-refractivity contribution in [3.05, 3.63) is 107 Å². The monoisotopic (exact) mass is 924 g/mol. The van der Waals surface area contributed by atoms with Crippen molar-refractivity contribution < 1.29 is 24.3 Å². The van der Waals surface area contributed by atoms with Crippen molar-refractivity contribution in [2.45, 2.75) is 129 Å². The van der Waals surface area contributed by atoms with Gasteiger partial charge in [0.15, 0.2) is 5.82 Å². The zero-order chi connectivity index (χ0) is 47.4. The number of nitrogens with one attached hydrogen (secondary N) is 2. The number of thiazole rings is 1. The van der Waals surface area contributed by atoms with Crippen molar-refractivity contribution in [2.75, 3.05) is 28.7 Å². The van der Waals surface area contributed by atoms with Crippen LogP contribution in [0.1, 0.15) is 125 Å². The molecule has 5 aromatic rings. The number of aryl methyl sites for hydroxylation is 2. The number of anilines is 5. The number of Topliss-reactive ketones (excluding diaryl/α,β-unsaturated/α-hetero) is 1. The SMILES string of the molecule is Cc1ncsc1-c1ccc([C@H](C)NC(=O)[C@@H]2C[C@@H](O)CN2C(=O)[C@@H](CC(=O)CCCCCc2ccc(Nc3ncc4c(n3)N(C3CCCC3)c3ccccc3C(=O)N4C)cc2)C(C)(C)C)cc1. The third-order valence-electron chi connectivity index (χ3n) is 13.8. The van der Waals surface area contributed by atoms with Gasteiger partial charge in [0.1, 0.15) is 17.5 Å². The fraction of sp³-hybridized carbons (Fsp3) is 0.453. The molecular formula is C53H64N8O5S. The van der Waals surface area contributed by atoms with Crippen LogP contribution in [-0.4, -0.2) is 80.2 Å². The van der Waals surface area contributed by atoms with E-state index < -0.39 is 23.5 Å². The molecule has 2 aliphatic heterocycles. The van der Waals surface area contributed by atoms with Crippen LogP contribution in [0.4, 0.5) is 28.8 Å². The van der Waals surface area contributed by atoms with Gasteiger partial charge < -0.3 is 30.4 Å². The highest BCUT2D eigenvalue weighted by Gasteiger charge is 2.45. The van der Waals surface area contributed by atoms with Gasteiger partial charge in [-0.1, -0.05) is 88.6 Å². The molecule has 8 rings (SSSR count). The van der Waals surface area contributed by atoms with Crippen LogP contribution in [0.2, 0.25) is 0 Å². The number of aromatic nitrogens is 3. The first kappa shape index (κ1) is 47.5. The summed E-state index contributed by atoms with van der Waals surface area (Å²) in [6.07, 6.45) is 9.26. The number of hydrogen-bond acceptors (Lipinski definition) is 11. The van der Waals surface area contributed by atoms with Crippen LogP contribution in [0, 0.1) is 18.3 Å². The van der Waals surface area contributed by atoms with Crippen molar-refractivity contribution in [3.63, 3.8) is 0 Å². The number of likely N-dealkylation sites (tertiary alicyclic amines) is 1. The summed E-state index contributed by atoms with van der Waals surface area (Å²) in [5.74, 6) is -0.0527. The minimum atomic E-state index is -0.822. The zero-order valence-corrected chi connectivity index (χ0v) is 40.4. The molecule has 0 radical (unpaired) electrons. The predicted molar refractivity (Wildman–Crippen MR) is 265 cm³/mol. The molecule has 4 heterocycles. The number of aliphatic hydroxyl groups is 1. The molecule has 3 aliphatic rings. The Labute approximate surface area is 398 Å². The highest BCUT2D eigenvalue weighted by atomic mass is 32.1. The van der Waals surface area contributed by atoms with Gasteiger partial charge in [0.2, 0.25) is 17.8 Å². The average molecular weight is 925 g/mol. The van der Waals surface area contributed by atoms with Crippen LogP contribution >= 0.6 is 11.3 Å². The van der Waals surface area contributed by atoms with Crippen LogP contribution < -0.4 is 20.4 Å². The van der Waals surface area contributed by atoms with Gasteiger partial charge in [-0.3, -0.25) is 19.2 Å². The Bertz CT molecular complexity index is 2570. The highest BCUT2D eigenvalue weighted by molar-refractivity contribution is 7.13. The molecule has 67 heavy (non-hydrogen) atoms. The van der Waals surface area contributed by atoms with Crippen LogP contribution in [0.15, 0.2) is 84.5 Å². The Morgan fingerprint density at radius 3 is 2.36 bits per heavy atom. The average Bonchev–Trinajstić information content (AvgIpc) is 4.09. The first-order valence-electron chi connectivity index (χ1n) is 23.9. The number of rotatable bonds is 16. The van der Waals surface area contributed by atoms with Gasteiger partial charge in [-0.25, -0.2) is 9.97 Å². The van der Waals surface area contributed by atoms with Crippen molar-refractivity contribution in [3.8, 4) is 10.4 Å². The van der Waals surface area contributed by atoms with E-state index in [9.17, 15) is 24.3 Å². The summed E-state index contributed by atoms with van der Waals surface area (Å²) < 4.78 is 0. The van der Waals surface area contributed by atoms with E-state index >= 15 is 0 Å². The number of hydrogen-bond donors (Lipinski definition) is 3. The molecule has 13 nitrogen and oxygen atoms in total. The minimum Gasteiger partial charge on any atom is -0.391 e. The summed E-state index contributed by atoms with van der Waals surface area (Å²) in [4.78, 5) is 75.5. The molecule has 4 atom stereocenters. The number of nitrogens with zero attached hydrogens (tertiary/aromatic N) is 6. The van der Waals surface area contributed by atoms with Gasteiger partial charge in [-0.2, -0.15) is 4.98 Å². The van der Waals surface area contributed by atoms with Gasteiger partial charge in [-0.15, -0.1) is 11.3 Å².